The van der Waals surface area contributed by atoms with Crippen LogP contribution < -0.4 is 0 Å². The van der Waals surface area contributed by atoms with Crippen molar-refractivity contribution in [3.8, 4) is 0 Å². The summed E-state index contributed by atoms with van der Waals surface area (Å²) >= 11 is 0. The summed E-state index contributed by atoms with van der Waals surface area (Å²) in [6.07, 6.45) is -39.9. The van der Waals surface area contributed by atoms with Crippen LogP contribution in [0.5, 0.6) is 0 Å². The average molecular weight is 1420 g/mol. The van der Waals surface area contributed by atoms with Crippen LogP contribution in [0, 0.1) is 45.3 Å². The molecule has 0 aromatic carbocycles. The quantitative estimate of drug-likeness (QED) is 0.0424. The second kappa shape index (κ2) is 31.1. The molecule has 6 aliphatic heterocycles. The summed E-state index contributed by atoms with van der Waals surface area (Å²) < 4.78 is 71.7. The van der Waals surface area contributed by atoms with E-state index in [0.29, 0.717) is 32.1 Å². The van der Waals surface area contributed by atoms with Crippen LogP contribution in [0.4, 0.5) is 0 Å². The minimum atomic E-state index is -1.93. The van der Waals surface area contributed by atoms with E-state index in [4.69, 9.17) is 56.8 Å². The smallest absolute Gasteiger partial charge is 0.187 e. The zero-order valence-electron chi connectivity index (χ0n) is 56.9. The predicted molar refractivity (Wildman–Crippen MR) is 330 cm³/mol. The summed E-state index contributed by atoms with van der Waals surface area (Å²) in [5, 5.41) is 217. The highest BCUT2D eigenvalue weighted by molar-refractivity contribution is 5.32. The maximum Gasteiger partial charge on any atom is 0.187 e. The molecule has 3 unspecified atom stereocenters. The Morgan fingerprint density at radius 1 is 0.510 bits per heavy atom. The molecule has 6 heterocycles. The van der Waals surface area contributed by atoms with Crippen LogP contribution in [0.2, 0.25) is 0 Å². The first-order chi connectivity index (χ1) is 46.0. The Labute approximate surface area is 569 Å². The van der Waals surface area contributed by atoms with Gasteiger partial charge in [-0.15, -0.1) is 0 Å². The summed E-state index contributed by atoms with van der Waals surface area (Å²) in [6, 6.07) is 0. The number of rotatable bonds is 23. The van der Waals surface area contributed by atoms with Crippen LogP contribution in [0.25, 0.3) is 0 Å². The van der Waals surface area contributed by atoms with Crippen LogP contribution in [0.3, 0.4) is 0 Å². The third kappa shape index (κ3) is 15.0. The fraction of sp³-hybridized carbons (Fsp3) is 0.970. The molecule has 0 aromatic heterocycles. The fourth-order valence-corrected chi connectivity index (χ4v) is 18.4. The minimum absolute atomic E-state index is 0.0217. The molecule has 0 amide bonds. The van der Waals surface area contributed by atoms with Crippen molar-refractivity contribution < 1.29 is 159 Å². The van der Waals surface area contributed by atoms with Gasteiger partial charge < -0.3 is 159 Å². The lowest BCUT2D eigenvalue weighted by Gasteiger charge is -2.67. The second-order valence-electron chi connectivity index (χ2n) is 31.4. The molecule has 3 saturated carbocycles. The lowest BCUT2D eigenvalue weighted by atomic mass is 9.38. The Bertz CT molecular complexity index is 2600. The number of allylic oxidation sites excluding steroid dienone is 1. The number of aliphatic hydroxyl groups excluding tert-OH is 19. The molecule has 32 heteroatoms. The fourth-order valence-electron chi connectivity index (χ4n) is 18.4. The summed E-state index contributed by atoms with van der Waals surface area (Å²) in [5.41, 5.74) is -2.45. The molecule has 0 spiro atoms. The summed E-state index contributed by atoms with van der Waals surface area (Å²) in [7, 11) is 0. The number of fused-ring (bicyclic) bond motifs is 5. The van der Waals surface area contributed by atoms with Gasteiger partial charge >= 0.3 is 0 Å². The molecule has 0 radical (unpaired) electrons. The maximum atomic E-state index is 12.9. The van der Waals surface area contributed by atoms with E-state index in [-0.39, 0.29) is 53.8 Å². The van der Waals surface area contributed by atoms with Crippen molar-refractivity contribution in [3.05, 3.63) is 11.6 Å². The number of hydrogen-bond donors (Lipinski definition) is 20. The van der Waals surface area contributed by atoms with Gasteiger partial charge in [0.25, 0.3) is 0 Å². The van der Waals surface area contributed by atoms with Gasteiger partial charge in [-0.05, 0) is 99.7 Å². The van der Waals surface area contributed by atoms with Gasteiger partial charge in [0.15, 0.2) is 37.7 Å². The monoisotopic (exact) mass is 1420 g/mol. The minimum Gasteiger partial charge on any atom is -0.394 e. The van der Waals surface area contributed by atoms with Crippen molar-refractivity contribution in [2.45, 2.75) is 316 Å². The molecule has 32 nitrogen and oxygen atoms in total. The molecule has 10 aliphatic rings. The molecule has 4 aliphatic carbocycles. The lowest BCUT2D eigenvalue weighted by molar-refractivity contribution is -0.367. The molecule has 0 bridgehead atoms. The van der Waals surface area contributed by atoms with Gasteiger partial charge in [0.1, 0.15) is 122 Å². The van der Waals surface area contributed by atoms with E-state index in [1.54, 1.807) is 13.8 Å². The van der Waals surface area contributed by atoms with Crippen LogP contribution >= 0.6 is 0 Å². The van der Waals surface area contributed by atoms with Crippen LogP contribution in [-0.2, 0) is 56.8 Å². The number of aliphatic hydroxyl groups is 20. The number of ether oxygens (including phenoxy) is 12. The molecular formula is C66H112O32. The molecule has 6 saturated heterocycles. The SMILES string of the molecule is C[C@H](CC[C@@H](O[C@@H]1O[C@H](CO[C@@H]2O[C@H](CO[C@@H]3O[C@H](CO)[C@@H](O)[C@H](O)[C@H]3O)[C@@H](O)[C@H](O)[C@H]2O)[C@@H](O)[C@H](O)[C@H]1O[C@H]1C[C@@H](O)C[C@@H](CO)O1)C(C)(C)O)C1CC[C@@]2(C)C3CC=C4C(CC[C@H](O[C@@H]5O[C@H](CO[C@H]6O[C@H](CO)[C@@H](O)[C@H](O)[C@H]6O)[C@@H](O)[C@H](O)[C@H]5O)C4(C)C)[C@]3(C)[C@H](O)C[C@]12C. The van der Waals surface area contributed by atoms with Gasteiger partial charge in [0.05, 0.1) is 75.8 Å². The van der Waals surface area contributed by atoms with E-state index in [0.717, 1.165) is 18.4 Å². The summed E-state index contributed by atoms with van der Waals surface area (Å²) in [4.78, 5) is 0. The highest BCUT2D eigenvalue weighted by Gasteiger charge is 2.71. The zero-order chi connectivity index (χ0) is 71.8. The molecule has 38 atom stereocenters. The standard InChI is InChI=1S/C66H112O32/c1-26(29-15-16-64(6)37-12-10-30-31(66(37,8)38(71)19-65(29,64)7)11-14-39(62(30,2)3)96-60-55(85)50(80)45(75)35(94-60)24-88-58-53(83)48(78)43(73)33(22-69)92-58)9-13-40(63(4,5)86)97-61-56(98-41-18-27(70)17-28(20-67)90-41)51(81)46(76)36(95-61)25-89-59-54(84)49(79)44(74)34(93-59)23-87-57-52(82)47(77)42(72)32(21-68)91-57/h10,26-29,31-61,67-86H,9,11-25H2,1-8H3/t26-,27+,28+,29?,31?,32-,33-,34-,35-,36-,37?,38-,39+,40-,41+,42-,43-,44-,45-,46-,47+,48+,49+,50+,51+,52-,53-,54-,55-,56-,57-,58+,59-,60+,61+,64+,65-,66+/m1/s1. The Morgan fingerprint density at radius 2 is 0.980 bits per heavy atom. The first-order valence-corrected chi connectivity index (χ1v) is 34.9. The van der Waals surface area contributed by atoms with Crippen molar-refractivity contribution in [2.24, 2.45) is 45.3 Å². The highest BCUT2D eigenvalue weighted by atomic mass is 16.8. The maximum absolute atomic E-state index is 12.9. The topological polar surface area (TPSA) is 515 Å². The Hall–Kier alpha value is -1.54. The molecule has 568 valence electrons. The Morgan fingerprint density at radius 3 is 1.48 bits per heavy atom. The van der Waals surface area contributed by atoms with E-state index in [2.05, 4.69) is 33.8 Å². The molecule has 9 fully saturated rings. The largest absolute Gasteiger partial charge is 0.394 e. The summed E-state index contributed by atoms with van der Waals surface area (Å²) in [6.45, 7) is 12.4. The first kappa shape index (κ1) is 79.0. The van der Waals surface area contributed by atoms with Crippen molar-refractivity contribution in [1.29, 1.82) is 0 Å². The second-order valence-corrected chi connectivity index (χ2v) is 31.4. The van der Waals surface area contributed by atoms with Gasteiger partial charge in [-0.3, -0.25) is 0 Å². The molecule has 98 heavy (non-hydrogen) atoms. The van der Waals surface area contributed by atoms with E-state index in [1.165, 1.54) is 0 Å². The van der Waals surface area contributed by atoms with Gasteiger partial charge in [0.2, 0.25) is 0 Å². The highest BCUT2D eigenvalue weighted by Crippen LogP contribution is 2.75. The Kier molecular flexibility index (Phi) is 25.1. The molecule has 10 rings (SSSR count). The van der Waals surface area contributed by atoms with Gasteiger partial charge in [-0.1, -0.05) is 53.2 Å². The molecule has 20 N–H and O–H groups in total. The van der Waals surface area contributed by atoms with Gasteiger partial charge in [-0.2, -0.15) is 0 Å². The zero-order valence-corrected chi connectivity index (χ0v) is 56.9. The molecule has 0 aromatic rings. The van der Waals surface area contributed by atoms with E-state index >= 15 is 0 Å². The summed E-state index contributed by atoms with van der Waals surface area (Å²) in [5.74, 6) is 0.0116. The third-order valence-electron chi connectivity index (χ3n) is 24.7. The third-order valence-corrected chi connectivity index (χ3v) is 24.7. The van der Waals surface area contributed by atoms with E-state index < -0.39 is 246 Å². The van der Waals surface area contributed by atoms with E-state index in [9.17, 15) is 102 Å². The predicted octanol–water partition coefficient (Wildman–Crippen LogP) is -5.53. The first-order valence-electron chi connectivity index (χ1n) is 34.9. The van der Waals surface area contributed by atoms with Crippen LogP contribution in [0.1, 0.15) is 120 Å². The van der Waals surface area contributed by atoms with Crippen LogP contribution in [-0.4, -0.2) is 338 Å². The Balaban J connectivity index is 0.804. The van der Waals surface area contributed by atoms with Crippen molar-refractivity contribution in [2.75, 3.05) is 39.6 Å². The lowest BCUT2D eigenvalue weighted by Crippen LogP contribution is -2.65. The average Bonchev–Trinajstić information content (AvgIpc) is 1.33. The van der Waals surface area contributed by atoms with Crippen LogP contribution in [0.15, 0.2) is 11.6 Å². The van der Waals surface area contributed by atoms with E-state index in [1.807, 2.05) is 13.8 Å². The van der Waals surface area contributed by atoms with Crippen molar-refractivity contribution in [3.63, 3.8) is 0 Å². The number of hydrogen-bond acceptors (Lipinski definition) is 32. The van der Waals surface area contributed by atoms with Gasteiger partial charge in [-0.25, -0.2) is 0 Å². The van der Waals surface area contributed by atoms with Crippen molar-refractivity contribution >= 4 is 0 Å². The van der Waals surface area contributed by atoms with Crippen molar-refractivity contribution in [1.82, 2.24) is 0 Å². The molecular weight excluding hydrogens is 1300 g/mol. The van der Waals surface area contributed by atoms with Gasteiger partial charge in [0, 0.05) is 23.7 Å². The normalized spacial score (nSPS) is 51.3.